The Balaban J connectivity index is 1.57. The van der Waals surface area contributed by atoms with E-state index >= 15 is 0 Å². The molecule has 4 rings (SSSR count). The summed E-state index contributed by atoms with van der Waals surface area (Å²) in [6.45, 7) is 12.2. The highest BCUT2D eigenvalue weighted by atomic mass is 16.3. The largest absolute Gasteiger partial charge is 0.393 e. The van der Waals surface area contributed by atoms with E-state index in [0.29, 0.717) is 17.8 Å². The molecule has 0 amide bonds. The zero-order chi connectivity index (χ0) is 21.0. The van der Waals surface area contributed by atoms with Crippen molar-refractivity contribution in [2.24, 2.45) is 40.4 Å². The molecule has 2 nitrogen and oxygen atoms in total. The van der Waals surface area contributed by atoms with E-state index in [9.17, 15) is 10.2 Å². The molecule has 0 radical (unpaired) electrons. The van der Waals surface area contributed by atoms with Gasteiger partial charge in [-0.3, -0.25) is 0 Å². The Labute approximate surface area is 179 Å². The van der Waals surface area contributed by atoms with Gasteiger partial charge in [0, 0.05) is 5.92 Å². The SMILES string of the molecule is CC(C)CCC[C@@H](C)[C@H]1C[C@H](O)[C@H]2C3=C(CC[C@]12C)[C@@]1(C)CC[C@H](O)C[C@H]1CC3. The normalized spacial score (nSPS) is 45.7. The van der Waals surface area contributed by atoms with Gasteiger partial charge < -0.3 is 10.2 Å². The molecule has 2 N–H and O–H groups in total. The van der Waals surface area contributed by atoms with E-state index in [1.807, 2.05) is 0 Å². The lowest BCUT2D eigenvalue weighted by Gasteiger charge is -2.55. The van der Waals surface area contributed by atoms with Crippen LogP contribution in [0.25, 0.3) is 0 Å². The minimum atomic E-state index is -0.142. The van der Waals surface area contributed by atoms with Crippen LogP contribution in [0.5, 0.6) is 0 Å². The number of hydrogen-bond acceptors (Lipinski definition) is 2. The molecule has 0 spiro atoms. The monoisotopic (exact) mass is 402 g/mol. The molecule has 0 bridgehead atoms. The van der Waals surface area contributed by atoms with Crippen molar-refractivity contribution >= 4 is 0 Å². The van der Waals surface area contributed by atoms with Crippen molar-refractivity contribution in [1.82, 2.24) is 0 Å². The van der Waals surface area contributed by atoms with E-state index in [4.69, 9.17) is 0 Å². The van der Waals surface area contributed by atoms with Crippen LogP contribution in [0.1, 0.15) is 105 Å². The van der Waals surface area contributed by atoms with E-state index in [-0.39, 0.29) is 23.0 Å². The first-order valence-corrected chi connectivity index (χ1v) is 12.8. The first-order chi connectivity index (χ1) is 13.7. The summed E-state index contributed by atoms with van der Waals surface area (Å²) in [7, 11) is 0. The highest BCUT2D eigenvalue weighted by Gasteiger charge is 2.58. The molecule has 4 aliphatic rings. The van der Waals surface area contributed by atoms with Crippen molar-refractivity contribution < 1.29 is 10.2 Å². The third-order valence-electron chi connectivity index (χ3n) is 10.1. The Kier molecular flexibility index (Phi) is 6.01. The Morgan fingerprint density at radius 2 is 1.72 bits per heavy atom. The molecule has 0 aromatic carbocycles. The standard InChI is InChI=1S/C27H46O2/c1-17(2)7-6-8-18(3)23-16-24(29)25-21-10-9-19-15-20(28)11-13-26(19,4)22(21)12-14-27(23,25)5/h17-20,23-25,28-29H,6-16H2,1-5H3/t18-,19-,20+,23-,24+,25-,26+,27-/m1/s1. The van der Waals surface area contributed by atoms with Crippen LogP contribution in [0.4, 0.5) is 0 Å². The highest BCUT2D eigenvalue weighted by Crippen LogP contribution is 2.66. The van der Waals surface area contributed by atoms with Crippen LogP contribution >= 0.6 is 0 Å². The van der Waals surface area contributed by atoms with Gasteiger partial charge in [0.05, 0.1) is 12.2 Å². The van der Waals surface area contributed by atoms with Gasteiger partial charge >= 0.3 is 0 Å². The summed E-state index contributed by atoms with van der Waals surface area (Å²) >= 11 is 0. The van der Waals surface area contributed by atoms with Crippen LogP contribution in [-0.4, -0.2) is 22.4 Å². The molecule has 0 unspecified atom stereocenters. The van der Waals surface area contributed by atoms with E-state index in [2.05, 4.69) is 34.6 Å². The molecule has 0 aromatic rings. The van der Waals surface area contributed by atoms with Crippen LogP contribution in [-0.2, 0) is 0 Å². The Morgan fingerprint density at radius 3 is 2.45 bits per heavy atom. The second kappa shape index (κ2) is 7.97. The molecule has 166 valence electrons. The van der Waals surface area contributed by atoms with E-state index < -0.39 is 0 Å². The molecule has 29 heavy (non-hydrogen) atoms. The van der Waals surface area contributed by atoms with Gasteiger partial charge in [0.1, 0.15) is 0 Å². The summed E-state index contributed by atoms with van der Waals surface area (Å²) in [6.07, 6.45) is 12.8. The van der Waals surface area contributed by atoms with E-state index in [1.54, 1.807) is 11.1 Å². The lowest BCUT2D eigenvalue weighted by atomic mass is 9.50. The zero-order valence-electron chi connectivity index (χ0n) is 19.7. The number of aliphatic hydroxyl groups is 2. The smallest absolute Gasteiger partial charge is 0.0613 e. The predicted octanol–water partition coefficient (Wildman–Crippen LogP) is 6.50. The number of allylic oxidation sites excluding steroid dienone is 1. The average molecular weight is 403 g/mol. The summed E-state index contributed by atoms with van der Waals surface area (Å²) in [5.41, 5.74) is 3.95. The van der Waals surface area contributed by atoms with Gasteiger partial charge in [-0.15, -0.1) is 0 Å². The molecular weight excluding hydrogens is 356 g/mol. The third kappa shape index (κ3) is 3.65. The summed E-state index contributed by atoms with van der Waals surface area (Å²) in [5, 5.41) is 21.5. The van der Waals surface area contributed by atoms with Gasteiger partial charge in [0.15, 0.2) is 0 Å². The van der Waals surface area contributed by atoms with Gasteiger partial charge in [0.2, 0.25) is 0 Å². The maximum absolute atomic E-state index is 11.3. The quantitative estimate of drug-likeness (QED) is 0.515. The summed E-state index contributed by atoms with van der Waals surface area (Å²) in [4.78, 5) is 0. The van der Waals surface area contributed by atoms with Crippen LogP contribution < -0.4 is 0 Å². The fraction of sp³-hybridized carbons (Fsp3) is 0.926. The van der Waals surface area contributed by atoms with Gasteiger partial charge in [0.25, 0.3) is 0 Å². The average Bonchev–Trinajstić information content (AvgIpc) is 2.93. The van der Waals surface area contributed by atoms with Crippen LogP contribution in [0.3, 0.4) is 0 Å². The van der Waals surface area contributed by atoms with Crippen molar-refractivity contribution in [2.75, 3.05) is 0 Å². The van der Waals surface area contributed by atoms with Gasteiger partial charge in [-0.1, -0.05) is 65.0 Å². The maximum atomic E-state index is 11.3. The van der Waals surface area contributed by atoms with Gasteiger partial charge in [-0.2, -0.15) is 0 Å². The molecule has 8 atom stereocenters. The fourth-order valence-corrected chi connectivity index (χ4v) is 8.48. The van der Waals surface area contributed by atoms with Crippen molar-refractivity contribution in [3.63, 3.8) is 0 Å². The molecule has 2 fully saturated rings. The Bertz CT molecular complexity index is 636. The van der Waals surface area contributed by atoms with Gasteiger partial charge in [-0.25, -0.2) is 0 Å². The maximum Gasteiger partial charge on any atom is 0.0613 e. The van der Waals surface area contributed by atoms with Crippen molar-refractivity contribution in [2.45, 2.75) is 117 Å². The van der Waals surface area contributed by atoms with Crippen molar-refractivity contribution in [1.29, 1.82) is 0 Å². The molecule has 2 saturated carbocycles. The lowest BCUT2D eigenvalue weighted by Crippen LogP contribution is -2.46. The summed E-state index contributed by atoms with van der Waals surface area (Å²) in [6, 6.07) is 0. The lowest BCUT2D eigenvalue weighted by molar-refractivity contribution is 0.00658. The molecule has 4 aliphatic carbocycles. The predicted molar refractivity (Wildman–Crippen MR) is 121 cm³/mol. The van der Waals surface area contributed by atoms with E-state index in [0.717, 1.165) is 37.5 Å². The molecular formula is C27H46O2. The van der Waals surface area contributed by atoms with Crippen LogP contribution in [0.2, 0.25) is 0 Å². The van der Waals surface area contributed by atoms with Gasteiger partial charge in [-0.05, 0) is 85.9 Å². The Hall–Kier alpha value is -0.340. The number of hydrogen-bond donors (Lipinski definition) is 2. The summed E-state index contributed by atoms with van der Waals surface area (Å²) in [5.74, 6) is 3.24. The first-order valence-electron chi connectivity index (χ1n) is 12.8. The number of fused-ring (bicyclic) bond motifs is 4. The topological polar surface area (TPSA) is 40.5 Å². The minimum absolute atomic E-state index is 0.0859. The second-order valence-corrected chi connectivity index (χ2v) is 12.3. The van der Waals surface area contributed by atoms with Crippen LogP contribution in [0, 0.1) is 40.4 Å². The fourth-order valence-electron chi connectivity index (χ4n) is 8.48. The van der Waals surface area contributed by atoms with Crippen molar-refractivity contribution in [3.8, 4) is 0 Å². The van der Waals surface area contributed by atoms with Crippen molar-refractivity contribution in [3.05, 3.63) is 11.1 Å². The Morgan fingerprint density at radius 1 is 0.966 bits per heavy atom. The molecule has 0 aromatic heterocycles. The van der Waals surface area contributed by atoms with E-state index in [1.165, 1.54) is 44.9 Å². The van der Waals surface area contributed by atoms with Crippen LogP contribution in [0.15, 0.2) is 11.1 Å². The molecule has 0 heterocycles. The first kappa shape index (κ1) is 21.9. The molecule has 0 saturated heterocycles. The summed E-state index contributed by atoms with van der Waals surface area (Å²) < 4.78 is 0. The minimum Gasteiger partial charge on any atom is -0.393 e. The number of rotatable bonds is 5. The molecule has 2 heteroatoms. The second-order valence-electron chi connectivity index (χ2n) is 12.3. The molecule has 0 aliphatic heterocycles. The third-order valence-corrected chi connectivity index (χ3v) is 10.1. The number of aliphatic hydroxyl groups excluding tert-OH is 2. The zero-order valence-corrected chi connectivity index (χ0v) is 19.7. The highest BCUT2D eigenvalue weighted by molar-refractivity contribution is 5.35.